The number of rotatable bonds is 6. The third-order valence-electron chi connectivity index (χ3n) is 3.04. The Labute approximate surface area is 140 Å². The lowest BCUT2D eigenvalue weighted by molar-refractivity contribution is 0.163. The molecule has 7 heteroatoms. The van der Waals surface area contributed by atoms with Gasteiger partial charge in [0.2, 0.25) is 5.95 Å². The van der Waals surface area contributed by atoms with Crippen LogP contribution in [-0.2, 0) is 4.74 Å². The minimum absolute atomic E-state index is 0.191. The summed E-state index contributed by atoms with van der Waals surface area (Å²) in [4.78, 5) is 4.36. The smallest absolute Gasteiger partial charge is 0.207 e. The molecule has 2 rings (SSSR count). The Bertz CT molecular complexity index is 616. The number of anilines is 2. The van der Waals surface area contributed by atoms with Crippen LogP contribution in [-0.4, -0.2) is 30.4 Å². The Hall–Kier alpha value is -1.05. The van der Waals surface area contributed by atoms with Gasteiger partial charge in [0.05, 0.1) is 29.9 Å². The zero-order valence-electron chi connectivity index (χ0n) is 12.1. The van der Waals surface area contributed by atoms with Crippen LogP contribution in [0.1, 0.15) is 13.0 Å². The predicted octanol–water partition coefficient (Wildman–Crippen LogP) is 4.37. The summed E-state index contributed by atoms with van der Waals surface area (Å²) in [6, 6.07) is 4.04. The van der Waals surface area contributed by atoms with Crippen LogP contribution in [0.15, 0.2) is 33.5 Å². The maximum atomic E-state index is 5.32. The lowest BCUT2D eigenvalue weighted by Gasteiger charge is -2.17. The number of ether oxygens (including phenoxy) is 2. The van der Waals surface area contributed by atoms with Crippen LogP contribution >= 0.6 is 31.9 Å². The van der Waals surface area contributed by atoms with Crippen molar-refractivity contribution in [3.63, 3.8) is 0 Å². The molecular formula is C14H17Br2N3O2. The molecule has 1 heterocycles. The molecule has 0 radical (unpaired) electrons. The topological polar surface area (TPSA) is 48.3 Å². The molecule has 1 unspecified atom stereocenters. The first-order valence-corrected chi connectivity index (χ1v) is 7.97. The van der Waals surface area contributed by atoms with Crippen LogP contribution in [0.5, 0.6) is 5.75 Å². The molecule has 0 bridgehead atoms. The van der Waals surface area contributed by atoms with E-state index in [1.807, 2.05) is 22.9 Å². The Balaban J connectivity index is 2.29. The molecule has 1 N–H and O–H groups in total. The summed E-state index contributed by atoms with van der Waals surface area (Å²) in [5, 5.41) is 3.31. The van der Waals surface area contributed by atoms with E-state index < -0.39 is 0 Å². The first kappa shape index (κ1) is 16.3. The fourth-order valence-corrected chi connectivity index (χ4v) is 3.24. The number of benzene rings is 1. The van der Waals surface area contributed by atoms with E-state index in [0.29, 0.717) is 6.61 Å². The molecule has 0 aliphatic carbocycles. The Morgan fingerprint density at radius 1 is 1.29 bits per heavy atom. The van der Waals surface area contributed by atoms with E-state index in [-0.39, 0.29) is 6.04 Å². The molecule has 0 aliphatic heterocycles. The molecule has 0 saturated carbocycles. The second-order valence-corrected chi connectivity index (χ2v) is 6.26. The summed E-state index contributed by atoms with van der Waals surface area (Å²) in [5.41, 5.74) is 0.882. The first-order chi connectivity index (χ1) is 10.1. The van der Waals surface area contributed by atoms with Crippen molar-refractivity contribution in [1.29, 1.82) is 0 Å². The highest BCUT2D eigenvalue weighted by atomic mass is 79.9. The fourth-order valence-electron chi connectivity index (χ4n) is 1.99. The van der Waals surface area contributed by atoms with Crippen LogP contribution in [0.4, 0.5) is 11.6 Å². The number of aromatic nitrogens is 2. The SMILES string of the molecule is COCC(C)n1ccnc1Nc1cc(OC)c(Br)cc1Br. The van der Waals surface area contributed by atoms with Gasteiger partial charge < -0.3 is 19.4 Å². The normalized spacial score (nSPS) is 12.2. The monoisotopic (exact) mass is 417 g/mol. The van der Waals surface area contributed by atoms with E-state index in [1.54, 1.807) is 20.4 Å². The third kappa shape index (κ3) is 3.78. The minimum atomic E-state index is 0.191. The quantitative estimate of drug-likeness (QED) is 0.756. The molecular weight excluding hydrogens is 402 g/mol. The van der Waals surface area contributed by atoms with E-state index in [0.717, 1.165) is 26.3 Å². The first-order valence-electron chi connectivity index (χ1n) is 6.38. The number of nitrogens with zero attached hydrogens (tertiary/aromatic N) is 2. The molecule has 1 aromatic heterocycles. The Morgan fingerprint density at radius 2 is 2.05 bits per heavy atom. The number of imidazole rings is 1. The maximum absolute atomic E-state index is 5.32. The van der Waals surface area contributed by atoms with Crippen molar-refractivity contribution >= 4 is 43.5 Å². The van der Waals surface area contributed by atoms with E-state index in [4.69, 9.17) is 9.47 Å². The van der Waals surface area contributed by atoms with Gasteiger partial charge in [0, 0.05) is 30.0 Å². The van der Waals surface area contributed by atoms with Gasteiger partial charge in [0.25, 0.3) is 0 Å². The minimum Gasteiger partial charge on any atom is -0.495 e. The van der Waals surface area contributed by atoms with E-state index in [1.165, 1.54) is 0 Å². The van der Waals surface area contributed by atoms with Gasteiger partial charge in [-0.05, 0) is 44.8 Å². The number of halogens is 2. The van der Waals surface area contributed by atoms with Crippen molar-refractivity contribution < 1.29 is 9.47 Å². The van der Waals surface area contributed by atoms with Gasteiger partial charge in [-0.15, -0.1) is 0 Å². The molecule has 0 aliphatic rings. The molecule has 5 nitrogen and oxygen atoms in total. The molecule has 0 saturated heterocycles. The summed E-state index contributed by atoms with van der Waals surface area (Å²) in [6.07, 6.45) is 3.69. The highest BCUT2D eigenvalue weighted by Crippen LogP contribution is 2.36. The number of hydrogen-bond acceptors (Lipinski definition) is 4. The summed E-state index contributed by atoms with van der Waals surface area (Å²) in [7, 11) is 3.33. The number of hydrogen-bond donors (Lipinski definition) is 1. The molecule has 0 fully saturated rings. The van der Waals surface area contributed by atoms with Crippen molar-refractivity contribution in [3.05, 3.63) is 33.5 Å². The van der Waals surface area contributed by atoms with Gasteiger partial charge in [-0.2, -0.15) is 0 Å². The average Bonchev–Trinajstić information content (AvgIpc) is 2.90. The van der Waals surface area contributed by atoms with Crippen molar-refractivity contribution in [2.45, 2.75) is 13.0 Å². The van der Waals surface area contributed by atoms with Gasteiger partial charge in [-0.25, -0.2) is 4.98 Å². The molecule has 0 amide bonds. The molecule has 21 heavy (non-hydrogen) atoms. The largest absolute Gasteiger partial charge is 0.495 e. The van der Waals surface area contributed by atoms with E-state index in [9.17, 15) is 0 Å². The van der Waals surface area contributed by atoms with Gasteiger partial charge in [0.15, 0.2) is 0 Å². The summed E-state index contributed by atoms with van der Waals surface area (Å²) in [5.74, 6) is 1.51. The molecule has 114 valence electrons. The molecule has 0 spiro atoms. The van der Waals surface area contributed by atoms with Crippen molar-refractivity contribution in [2.24, 2.45) is 0 Å². The zero-order chi connectivity index (χ0) is 15.4. The summed E-state index contributed by atoms with van der Waals surface area (Å²) in [6.45, 7) is 2.70. The number of nitrogens with one attached hydrogen (secondary N) is 1. The average molecular weight is 419 g/mol. The lowest BCUT2D eigenvalue weighted by Crippen LogP contribution is -2.13. The van der Waals surface area contributed by atoms with Gasteiger partial charge in [-0.1, -0.05) is 0 Å². The van der Waals surface area contributed by atoms with Crippen LogP contribution < -0.4 is 10.1 Å². The second kappa shape index (κ2) is 7.29. The molecule has 1 aromatic carbocycles. The summed E-state index contributed by atoms with van der Waals surface area (Å²) >= 11 is 7.00. The molecule has 2 aromatic rings. The highest BCUT2D eigenvalue weighted by molar-refractivity contribution is 9.11. The standard InChI is InChI=1S/C14H17Br2N3O2/c1-9(8-20-2)19-5-4-17-14(19)18-12-7-13(21-3)11(16)6-10(12)15/h4-7,9H,8H2,1-3H3,(H,17,18). The lowest BCUT2D eigenvalue weighted by atomic mass is 10.3. The highest BCUT2D eigenvalue weighted by Gasteiger charge is 2.13. The van der Waals surface area contributed by atoms with E-state index >= 15 is 0 Å². The fraction of sp³-hybridized carbons (Fsp3) is 0.357. The Kier molecular flexibility index (Phi) is 5.66. The Morgan fingerprint density at radius 3 is 2.71 bits per heavy atom. The van der Waals surface area contributed by atoms with Crippen molar-refractivity contribution in [3.8, 4) is 5.75 Å². The molecule has 1 atom stereocenters. The van der Waals surface area contributed by atoms with Crippen molar-refractivity contribution in [1.82, 2.24) is 9.55 Å². The van der Waals surface area contributed by atoms with Crippen LogP contribution in [0, 0.1) is 0 Å². The van der Waals surface area contributed by atoms with Gasteiger partial charge in [0.1, 0.15) is 5.75 Å². The second-order valence-electron chi connectivity index (χ2n) is 4.55. The van der Waals surface area contributed by atoms with Crippen LogP contribution in [0.3, 0.4) is 0 Å². The predicted molar refractivity (Wildman–Crippen MR) is 90.5 cm³/mol. The van der Waals surface area contributed by atoms with Crippen LogP contribution in [0.25, 0.3) is 0 Å². The van der Waals surface area contributed by atoms with Crippen LogP contribution in [0.2, 0.25) is 0 Å². The van der Waals surface area contributed by atoms with E-state index in [2.05, 4.69) is 49.1 Å². The van der Waals surface area contributed by atoms with Gasteiger partial charge >= 0.3 is 0 Å². The summed E-state index contributed by atoms with van der Waals surface area (Å²) < 4.78 is 14.4. The van der Waals surface area contributed by atoms with Gasteiger partial charge in [-0.3, -0.25) is 0 Å². The van der Waals surface area contributed by atoms with Crippen molar-refractivity contribution in [2.75, 3.05) is 26.1 Å². The zero-order valence-corrected chi connectivity index (χ0v) is 15.2. The maximum Gasteiger partial charge on any atom is 0.207 e. The third-order valence-corrected chi connectivity index (χ3v) is 4.32. The number of methoxy groups -OCH3 is 2.